The molecule has 0 aromatic heterocycles. The zero-order valence-electron chi connectivity index (χ0n) is 19.3. The molecule has 4 aliphatic rings. The molecule has 0 bridgehead atoms. The Morgan fingerprint density at radius 2 is 1.39 bits per heavy atom. The molecule has 5 rings (SSSR count). The van der Waals surface area contributed by atoms with Crippen LogP contribution in [0.1, 0.15) is 93.8 Å². The molecule has 1 spiro atoms. The van der Waals surface area contributed by atoms with E-state index in [1.54, 1.807) is 0 Å². The number of piperidine rings is 2. The van der Waals surface area contributed by atoms with Crippen molar-refractivity contribution in [2.75, 3.05) is 31.1 Å². The maximum Gasteiger partial charge on any atom is 0.251 e. The number of nitrogens with zero attached hydrogens (tertiary/aromatic N) is 2. The van der Waals surface area contributed by atoms with Crippen LogP contribution in [0.2, 0.25) is 0 Å². The Labute approximate surface area is 188 Å². The molecule has 4 nitrogen and oxygen atoms in total. The fourth-order valence-electron chi connectivity index (χ4n) is 6.37. The van der Waals surface area contributed by atoms with Gasteiger partial charge in [0, 0.05) is 36.4 Å². The second-order valence-electron chi connectivity index (χ2n) is 10.8. The molecule has 2 heterocycles. The molecular weight excluding hydrogens is 382 g/mol. The summed E-state index contributed by atoms with van der Waals surface area (Å²) < 4.78 is 0. The Kier molecular flexibility index (Phi) is 6.54. The summed E-state index contributed by atoms with van der Waals surface area (Å²) in [6.07, 6.45) is 17.2. The van der Waals surface area contributed by atoms with Crippen LogP contribution < -0.4 is 10.2 Å². The Hall–Kier alpha value is -1.55. The number of anilines is 1. The molecule has 2 saturated heterocycles. The summed E-state index contributed by atoms with van der Waals surface area (Å²) in [5.41, 5.74) is 2.69. The SMILES string of the molecule is O=C(NC1CCCCCC1)c1ccc(N2CCC3(CC2)CCN(C2CCC2)CC3)cc1. The molecule has 1 aromatic rings. The van der Waals surface area contributed by atoms with Crippen molar-refractivity contribution in [3.05, 3.63) is 29.8 Å². The van der Waals surface area contributed by atoms with Crippen LogP contribution in [-0.4, -0.2) is 49.1 Å². The van der Waals surface area contributed by atoms with Crippen molar-refractivity contribution < 1.29 is 4.79 Å². The van der Waals surface area contributed by atoms with Gasteiger partial charge >= 0.3 is 0 Å². The molecule has 2 aliphatic carbocycles. The number of rotatable bonds is 4. The van der Waals surface area contributed by atoms with Gasteiger partial charge in [-0.1, -0.05) is 32.1 Å². The van der Waals surface area contributed by atoms with Gasteiger partial charge in [-0.15, -0.1) is 0 Å². The monoisotopic (exact) mass is 423 g/mol. The van der Waals surface area contributed by atoms with Crippen LogP contribution in [-0.2, 0) is 0 Å². The second-order valence-corrected chi connectivity index (χ2v) is 10.8. The Balaban J connectivity index is 1.11. The summed E-state index contributed by atoms with van der Waals surface area (Å²) in [5.74, 6) is 0.106. The Bertz CT molecular complexity index is 715. The van der Waals surface area contributed by atoms with Crippen molar-refractivity contribution in [2.45, 2.75) is 95.6 Å². The Morgan fingerprint density at radius 3 is 1.97 bits per heavy atom. The van der Waals surface area contributed by atoms with E-state index < -0.39 is 0 Å². The summed E-state index contributed by atoms with van der Waals surface area (Å²) >= 11 is 0. The molecule has 2 aliphatic heterocycles. The maximum absolute atomic E-state index is 12.7. The molecule has 31 heavy (non-hydrogen) atoms. The lowest BCUT2D eigenvalue weighted by Gasteiger charge is -2.50. The first-order valence-electron chi connectivity index (χ1n) is 13.1. The van der Waals surface area contributed by atoms with E-state index in [4.69, 9.17) is 0 Å². The fourth-order valence-corrected chi connectivity index (χ4v) is 6.37. The lowest BCUT2D eigenvalue weighted by atomic mass is 9.70. The van der Waals surface area contributed by atoms with E-state index in [1.165, 1.54) is 89.4 Å². The molecule has 1 aromatic carbocycles. The third-order valence-corrected chi connectivity index (χ3v) is 8.96. The number of carbonyl (C=O) groups is 1. The highest BCUT2D eigenvalue weighted by molar-refractivity contribution is 5.94. The zero-order chi connectivity index (χ0) is 21.1. The summed E-state index contributed by atoms with van der Waals surface area (Å²) in [5, 5.41) is 3.28. The number of nitrogens with one attached hydrogen (secondary N) is 1. The van der Waals surface area contributed by atoms with Crippen molar-refractivity contribution in [3.63, 3.8) is 0 Å². The fraction of sp³-hybridized carbons (Fsp3) is 0.741. The quantitative estimate of drug-likeness (QED) is 0.661. The van der Waals surface area contributed by atoms with Crippen LogP contribution in [0.15, 0.2) is 24.3 Å². The minimum absolute atomic E-state index is 0.106. The molecule has 1 N–H and O–H groups in total. The zero-order valence-corrected chi connectivity index (χ0v) is 19.3. The molecule has 0 radical (unpaired) electrons. The number of hydrogen-bond acceptors (Lipinski definition) is 3. The summed E-state index contributed by atoms with van der Waals surface area (Å²) in [6.45, 7) is 4.99. The minimum Gasteiger partial charge on any atom is -0.371 e. The molecule has 170 valence electrons. The number of hydrogen-bond donors (Lipinski definition) is 1. The predicted molar refractivity (Wildman–Crippen MR) is 128 cm³/mol. The van der Waals surface area contributed by atoms with E-state index in [2.05, 4.69) is 27.2 Å². The van der Waals surface area contributed by atoms with Gasteiger partial charge in [-0.05, 0) is 94.1 Å². The van der Waals surface area contributed by atoms with Gasteiger partial charge in [-0.3, -0.25) is 4.79 Å². The Morgan fingerprint density at radius 1 is 0.774 bits per heavy atom. The lowest BCUT2D eigenvalue weighted by molar-refractivity contribution is 0.0306. The van der Waals surface area contributed by atoms with Crippen LogP contribution in [0, 0.1) is 5.41 Å². The highest BCUT2D eigenvalue weighted by Gasteiger charge is 2.39. The topological polar surface area (TPSA) is 35.6 Å². The van der Waals surface area contributed by atoms with Crippen molar-refractivity contribution >= 4 is 11.6 Å². The van der Waals surface area contributed by atoms with E-state index in [0.29, 0.717) is 11.5 Å². The van der Waals surface area contributed by atoms with Crippen molar-refractivity contribution in [2.24, 2.45) is 5.41 Å². The number of carbonyl (C=O) groups excluding carboxylic acids is 1. The molecule has 0 unspecified atom stereocenters. The normalized spacial score (nSPS) is 25.7. The third kappa shape index (κ3) is 4.94. The molecule has 0 atom stereocenters. The van der Waals surface area contributed by atoms with Gasteiger partial charge in [-0.2, -0.15) is 0 Å². The summed E-state index contributed by atoms with van der Waals surface area (Å²) in [7, 11) is 0. The lowest BCUT2D eigenvalue weighted by Crippen LogP contribution is -2.50. The molecule has 4 fully saturated rings. The first kappa shape index (κ1) is 21.3. The van der Waals surface area contributed by atoms with Crippen LogP contribution in [0.5, 0.6) is 0 Å². The van der Waals surface area contributed by atoms with Gasteiger partial charge in [0.15, 0.2) is 0 Å². The van der Waals surface area contributed by atoms with Crippen molar-refractivity contribution in [1.82, 2.24) is 10.2 Å². The first-order chi connectivity index (χ1) is 15.2. The van der Waals surface area contributed by atoms with Crippen LogP contribution in [0.25, 0.3) is 0 Å². The average Bonchev–Trinajstić information content (AvgIpc) is 3.04. The molecular formula is C27H41N3O. The van der Waals surface area contributed by atoms with Gasteiger partial charge in [0.2, 0.25) is 0 Å². The van der Waals surface area contributed by atoms with E-state index in [1.807, 2.05) is 12.1 Å². The molecule has 1 amide bonds. The van der Waals surface area contributed by atoms with Gasteiger partial charge < -0.3 is 15.1 Å². The standard InChI is InChI=1S/C27H41N3O/c31-26(28-23-6-3-1-2-4-7-23)22-10-12-25(13-11-22)30-20-16-27(17-21-30)14-18-29(19-15-27)24-8-5-9-24/h10-13,23-24H,1-9,14-21H2,(H,28,31). The van der Waals surface area contributed by atoms with Gasteiger partial charge in [-0.25, -0.2) is 0 Å². The molecule has 4 heteroatoms. The third-order valence-electron chi connectivity index (χ3n) is 8.96. The minimum atomic E-state index is 0.106. The number of likely N-dealkylation sites (tertiary alicyclic amines) is 1. The van der Waals surface area contributed by atoms with E-state index in [-0.39, 0.29) is 5.91 Å². The molecule has 2 saturated carbocycles. The van der Waals surface area contributed by atoms with Crippen LogP contribution >= 0.6 is 0 Å². The van der Waals surface area contributed by atoms with Crippen LogP contribution in [0.3, 0.4) is 0 Å². The van der Waals surface area contributed by atoms with Gasteiger partial charge in [0.1, 0.15) is 0 Å². The maximum atomic E-state index is 12.7. The largest absolute Gasteiger partial charge is 0.371 e. The summed E-state index contributed by atoms with van der Waals surface area (Å²) in [6, 6.07) is 9.67. The predicted octanol–water partition coefficient (Wildman–Crippen LogP) is 5.37. The van der Waals surface area contributed by atoms with Crippen LogP contribution in [0.4, 0.5) is 5.69 Å². The van der Waals surface area contributed by atoms with Crippen molar-refractivity contribution in [3.8, 4) is 0 Å². The highest BCUT2D eigenvalue weighted by atomic mass is 16.1. The summed E-state index contributed by atoms with van der Waals surface area (Å²) in [4.78, 5) is 18.0. The highest BCUT2D eigenvalue weighted by Crippen LogP contribution is 2.43. The number of amides is 1. The smallest absolute Gasteiger partial charge is 0.251 e. The number of benzene rings is 1. The van der Waals surface area contributed by atoms with Gasteiger partial charge in [0.25, 0.3) is 5.91 Å². The van der Waals surface area contributed by atoms with E-state index in [9.17, 15) is 4.79 Å². The van der Waals surface area contributed by atoms with E-state index >= 15 is 0 Å². The first-order valence-corrected chi connectivity index (χ1v) is 13.1. The van der Waals surface area contributed by atoms with E-state index in [0.717, 1.165) is 37.5 Å². The second kappa shape index (κ2) is 9.52. The average molecular weight is 424 g/mol. The van der Waals surface area contributed by atoms with Crippen molar-refractivity contribution in [1.29, 1.82) is 0 Å². The van der Waals surface area contributed by atoms with Gasteiger partial charge in [0.05, 0.1) is 0 Å².